The predicted octanol–water partition coefficient (Wildman–Crippen LogP) is 1.88. The molecule has 0 radical (unpaired) electrons. The average Bonchev–Trinajstić information content (AvgIpc) is 2.31. The molecule has 4 heteroatoms. The monoisotopic (exact) mass is 230 g/mol. The standard InChI is InChI=1S/C12H26N2O2/c1-5-12(6-2,7-3)9-13-11(16)14-10(4)8-15/h10,15H,5-9H2,1-4H3,(H2,13,14,16). The zero-order valence-corrected chi connectivity index (χ0v) is 11.0. The summed E-state index contributed by atoms with van der Waals surface area (Å²) >= 11 is 0. The lowest BCUT2D eigenvalue weighted by Gasteiger charge is -2.30. The van der Waals surface area contributed by atoms with E-state index in [4.69, 9.17) is 5.11 Å². The minimum atomic E-state index is -0.195. The van der Waals surface area contributed by atoms with Crippen molar-refractivity contribution in [2.24, 2.45) is 5.41 Å². The Balaban J connectivity index is 4.06. The molecule has 96 valence electrons. The van der Waals surface area contributed by atoms with E-state index in [0.29, 0.717) is 6.54 Å². The second-order valence-electron chi connectivity index (χ2n) is 4.47. The highest BCUT2D eigenvalue weighted by molar-refractivity contribution is 5.74. The quantitative estimate of drug-likeness (QED) is 0.625. The van der Waals surface area contributed by atoms with Crippen LogP contribution in [0.1, 0.15) is 47.0 Å². The van der Waals surface area contributed by atoms with Crippen LogP contribution in [0.5, 0.6) is 0 Å². The molecule has 0 fully saturated rings. The van der Waals surface area contributed by atoms with Crippen LogP contribution in [-0.2, 0) is 0 Å². The molecule has 0 aromatic carbocycles. The number of carbonyl (C=O) groups is 1. The van der Waals surface area contributed by atoms with E-state index in [1.54, 1.807) is 6.92 Å². The third-order valence-electron chi connectivity index (χ3n) is 3.53. The zero-order valence-electron chi connectivity index (χ0n) is 11.0. The second kappa shape index (κ2) is 7.49. The summed E-state index contributed by atoms with van der Waals surface area (Å²) in [7, 11) is 0. The van der Waals surface area contributed by atoms with Crippen molar-refractivity contribution in [1.29, 1.82) is 0 Å². The van der Waals surface area contributed by atoms with Gasteiger partial charge in [-0.2, -0.15) is 0 Å². The van der Waals surface area contributed by atoms with Gasteiger partial charge in [-0.15, -0.1) is 0 Å². The van der Waals surface area contributed by atoms with Crippen LogP contribution in [0.2, 0.25) is 0 Å². The van der Waals surface area contributed by atoms with E-state index in [2.05, 4.69) is 31.4 Å². The van der Waals surface area contributed by atoms with Gasteiger partial charge in [0.2, 0.25) is 0 Å². The first-order chi connectivity index (χ1) is 7.53. The van der Waals surface area contributed by atoms with E-state index in [1.165, 1.54) is 0 Å². The van der Waals surface area contributed by atoms with Crippen molar-refractivity contribution in [3.8, 4) is 0 Å². The average molecular weight is 230 g/mol. The first-order valence-electron chi connectivity index (χ1n) is 6.18. The van der Waals surface area contributed by atoms with Crippen LogP contribution in [0.25, 0.3) is 0 Å². The van der Waals surface area contributed by atoms with E-state index >= 15 is 0 Å². The zero-order chi connectivity index (χ0) is 12.6. The summed E-state index contributed by atoms with van der Waals surface area (Å²) in [6, 6.07) is -0.388. The maximum atomic E-state index is 11.5. The first-order valence-corrected chi connectivity index (χ1v) is 6.18. The van der Waals surface area contributed by atoms with Gasteiger partial charge in [0.1, 0.15) is 0 Å². The van der Waals surface area contributed by atoms with E-state index in [1.807, 2.05) is 0 Å². The molecule has 0 saturated carbocycles. The number of carbonyl (C=O) groups excluding carboxylic acids is 1. The van der Waals surface area contributed by atoms with Crippen molar-refractivity contribution in [3.63, 3.8) is 0 Å². The van der Waals surface area contributed by atoms with E-state index in [9.17, 15) is 4.79 Å². The van der Waals surface area contributed by atoms with Crippen molar-refractivity contribution >= 4 is 6.03 Å². The molecule has 16 heavy (non-hydrogen) atoms. The van der Waals surface area contributed by atoms with Crippen LogP contribution >= 0.6 is 0 Å². The molecule has 0 spiro atoms. The molecule has 0 aliphatic heterocycles. The van der Waals surface area contributed by atoms with Crippen LogP contribution in [0.3, 0.4) is 0 Å². The maximum absolute atomic E-state index is 11.5. The normalized spacial score (nSPS) is 13.3. The van der Waals surface area contributed by atoms with Gasteiger partial charge in [0.15, 0.2) is 0 Å². The third kappa shape index (κ3) is 4.84. The number of nitrogens with one attached hydrogen (secondary N) is 2. The van der Waals surface area contributed by atoms with Crippen LogP contribution in [0.15, 0.2) is 0 Å². The topological polar surface area (TPSA) is 61.4 Å². The minimum Gasteiger partial charge on any atom is -0.394 e. The predicted molar refractivity (Wildman–Crippen MR) is 66.4 cm³/mol. The smallest absolute Gasteiger partial charge is 0.315 e. The summed E-state index contributed by atoms with van der Waals surface area (Å²) in [6.45, 7) is 8.90. The van der Waals surface area contributed by atoms with Gasteiger partial charge < -0.3 is 15.7 Å². The molecule has 0 aliphatic rings. The SMILES string of the molecule is CCC(CC)(CC)CNC(=O)NC(C)CO. The second-order valence-corrected chi connectivity index (χ2v) is 4.47. The number of hydrogen-bond acceptors (Lipinski definition) is 2. The van der Waals surface area contributed by atoms with Crippen LogP contribution < -0.4 is 10.6 Å². The van der Waals surface area contributed by atoms with Gasteiger partial charge in [-0.1, -0.05) is 20.8 Å². The van der Waals surface area contributed by atoms with Gasteiger partial charge in [0.25, 0.3) is 0 Å². The summed E-state index contributed by atoms with van der Waals surface area (Å²) in [5, 5.41) is 14.4. The number of hydrogen-bond donors (Lipinski definition) is 3. The Labute approximate surface area is 98.8 Å². The molecule has 1 unspecified atom stereocenters. The number of aliphatic hydroxyl groups is 1. The van der Waals surface area contributed by atoms with Crippen LogP contribution in [0, 0.1) is 5.41 Å². The van der Waals surface area contributed by atoms with Gasteiger partial charge in [0.05, 0.1) is 12.6 Å². The number of amides is 2. The molecule has 2 amide bonds. The molecule has 4 nitrogen and oxygen atoms in total. The summed E-state index contributed by atoms with van der Waals surface area (Å²) < 4.78 is 0. The van der Waals surface area contributed by atoms with Crippen molar-refractivity contribution in [1.82, 2.24) is 10.6 Å². The lowest BCUT2D eigenvalue weighted by Crippen LogP contribution is -2.46. The van der Waals surface area contributed by atoms with E-state index < -0.39 is 0 Å². The van der Waals surface area contributed by atoms with Crippen molar-refractivity contribution in [2.75, 3.05) is 13.2 Å². The third-order valence-corrected chi connectivity index (χ3v) is 3.53. The van der Waals surface area contributed by atoms with Crippen LogP contribution in [0.4, 0.5) is 4.79 Å². The highest BCUT2D eigenvalue weighted by Crippen LogP contribution is 2.29. The van der Waals surface area contributed by atoms with Gasteiger partial charge in [-0.05, 0) is 31.6 Å². The molecule has 0 aromatic heterocycles. The molecule has 0 saturated heterocycles. The highest BCUT2D eigenvalue weighted by Gasteiger charge is 2.24. The minimum absolute atomic E-state index is 0.0338. The Morgan fingerprint density at radius 1 is 1.25 bits per heavy atom. The molecule has 0 aliphatic carbocycles. The first kappa shape index (κ1) is 15.2. The fourth-order valence-electron chi connectivity index (χ4n) is 1.71. The van der Waals surface area contributed by atoms with Gasteiger partial charge >= 0.3 is 6.03 Å². The van der Waals surface area contributed by atoms with Crippen molar-refractivity contribution in [3.05, 3.63) is 0 Å². The lowest BCUT2D eigenvalue weighted by atomic mass is 9.80. The number of urea groups is 1. The van der Waals surface area contributed by atoms with Crippen molar-refractivity contribution in [2.45, 2.75) is 53.0 Å². The summed E-state index contributed by atoms with van der Waals surface area (Å²) in [4.78, 5) is 11.5. The number of rotatable bonds is 7. The lowest BCUT2D eigenvalue weighted by molar-refractivity contribution is 0.204. The summed E-state index contributed by atoms with van der Waals surface area (Å²) in [6.07, 6.45) is 3.20. The largest absolute Gasteiger partial charge is 0.394 e. The Morgan fingerprint density at radius 2 is 1.75 bits per heavy atom. The molecule has 3 N–H and O–H groups in total. The highest BCUT2D eigenvalue weighted by atomic mass is 16.3. The molecule has 1 atom stereocenters. The van der Waals surface area contributed by atoms with Crippen molar-refractivity contribution < 1.29 is 9.90 Å². The van der Waals surface area contributed by atoms with Gasteiger partial charge in [0, 0.05) is 6.54 Å². The van der Waals surface area contributed by atoms with E-state index in [0.717, 1.165) is 19.3 Å². The number of aliphatic hydroxyl groups excluding tert-OH is 1. The molecule has 0 heterocycles. The Hall–Kier alpha value is -0.770. The van der Waals surface area contributed by atoms with E-state index in [-0.39, 0.29) is 24.1 Å². The molecular weight excluding hydrogens is 204 g/mol. The fourth-order valence-corrected chi connectivity index (χ4v) is 1.71. The Bertz CT molecular complexity index is 195. The van der Waals surface area contributed by atoms with Crippen LogP contribution in [-0.4, -0.2) is 30.3 Å². The summed E-state index contributed by atoms with van der Waals surface area (Å²) in [5.41, 5.74) is 0.208. The Kier molecular flexibility index (Phi) is 7.13. The summed E-state index contributed by atoms with van der Waals surface area (Å²) in [5.74, 6) is 0. The van der Waals surface area contributed by atoms with Gasteiger partial charge in [-0.3, -0.25) is 0 Å². The maximum Gasteiger partial charge on any atom is 0.315 e. The molecular formula is C12H26N2O2. The molecule has 0 bridgehead atoms. The fraction of sp³-hybridized carbons (Fsp3) is 0.917. The Morgan fingerprint density at radius 3 is 2.12 bits per heavy atom. The molecule has 0 aromatic rings. The molecule has 0 rings (SSSR count). The van der Waals surface area contributed by atoms with Gasteiger partial charge in [-0.25, -0.2) is 4.79 Å².